The molecule has 2 aromatic rings. The number of hydrogen-bond donors (Lipinski definition) is 1. The fourth-order valence-electron chi connectivity index (χ4n) is 2.38. The molecule has 0 radical (unpaired) electrons. The van der Waals surface area contributed by atoms with Gasteiger partial charge in [-0.3, -0.25) is 0 Å². The van der Waals surface area contributed by atoms with Crippen LogP contribution >= 0.6 is 11.3 Å². The predicted molar refractivity (Wildman–Crippen MR) is 72.8 cm³/mol. The molecule has 18 heavy (non-hydrogen) atoms. The minimum Gasteiger partial charge on any atom is -0.390 e. The first-order valence-electron chi connectivity index (χ1n) is 6.44. The number of anilines is 1. The van der Waals surface area contributed by atoms with Crippen LogP contribution in [0.4, 0.5) is 5.00 Å². The molecule has 1 unspecified atom stereocenters. The van der Waals surface area contributed by atoms with Gasteiger partial charge in [0.2, 0.25) is 0 Å². The maximum absolute atomic E-state index is 6.09. The number of rotatable bonds is 3. The molecule has 0 amide bonds. The van der Waals surface area contributed by atoms with E-state index in [1.807, 2.05) is 0 Å². The van der Waals surface area contributed by atoms with Gasteiger partial charge in [0, 0.05) is 10.8 Å². The van der Waals surface area contributed by atoms with E-state index < -0.39 is 0 Å². The maximum Gasteiger partial charge on any atom is 0.261 e. The topological polar surface area (TPSA) is 64.9 Å². The van der Waals surface area contributed by atoms with E-state index in [1.165, 1.54) is 16.9 Å². The Balaban J connectivity index is 2.02. The van der Waals surface area contributed by atoms with E-state index in [0.29, 0.717) is 11.8 Å². The Labute approximate surface area is 110 Å². The van der Waals surface area contributed by atoms with E-state index in [9.17, 15) is 0 Å². The second kappa shape index (κ2) is 4.39. The molecule has 0 bridgehead atoms. The van der Waals surface area contributed by atoms with Crippen LogP contribution in [-0.2, 0) is 12.8 Å². The summed E-state index contributed by atoms with van der Waals surface area (Å²) >= 11 is 1.67. The third kappa shape index (κ3) is 1.73. The Hall–Kier alpha value is -1.36. The van der Waals surface area contributed by atoms with E-state index in [1.54, 1.807) is 11.3 Å². The average Bonchev–Trinajstić information content (AvgIpc) is 3.02. The smallest absolute Gasteiger partial charge is 0.261 e. The molecule has 0 aromatic carbocycles. The van der Waals surface area contributed by atoms with Gasteiger partial charge in [0.15, 0.2) is 5.82 Å². The summed E-state index contributed by atoms with van der Waals surface area (Å²) < 4.78 is 5.40. The van der Waals surface area contributed by atoms with Gasteiger partial charge in [-0.05, 0) is 31.2 Å². The predicted octanol–water partition coefficient (Wildman–Crippen LogP) is 3.38. The molecule has 1 aliphatic rings. The van der Waals surface area contributed by atoms with Crippen molar-refractivity contribution in [3.63, 3.8) is 0 Å². The van der Waals surface area contributed by atoms with Gasteiger partial charge >= 0.3 is 0 Å². The number of nitrogen functional groups attached to an aromatic ring is 1. The van der Waals surface area contributed by atoms with Crippen LogP contribution in [0.1, 0.15) is 48.9 Å². The van der Waals surface area contributed by atoms with Crippen LogP contribution < -0.4 is 5.73 Å². The lowest BCUT2D eigenvalue weighted by Crippen LogP contribution is -1.94. The summed E-state index contributed by atoms with van der Waals surface area (Å²) in [5, 5.41) is 4.89. The van der Waals surface area contributed by atoms with Crippen molar-refractivity contribution in [2.75, 3.05) is 5.73 Å². The van der Waals surface area contributed by atoms with Gasteiger partial charge < -0.3 is 10.3 Å². The summed E-state index contributed by atoms with van der Waals surface area (Å²) in [5.41, 5.74) is 8.42. The van der Waals surface area contributed by atoms with Gasteiger partial charge in [-0.2, -0.15) is 4.98 Å². The molecule has 0 saturated carbocycles. The highest BCUT2D eigenvalue weighted by molar-refractivity contribution is 7.16. The van der Waals surface area contributed by atoms with Gasteiger partial charge in [-0.15, -0.1) is 11.3 Å². The summed E-state index contributed by atoms with van der Waals surface area (Å²) in [6.07, 6.45) is 4.44. The van der Waals surface area contributed by atoms with Crippen molar-refractivity contribution in [1.82, 2.24) is 10.1 Å². The molecule has 4 nitrogen and oxygen atoms in total. The Morgan fingerprint density at radius 3 is 3.06 bits per heavy atom. The molecule has 2 aromatic heterocycles. The van der Waals surface area contributed by atoms with E-state index in [4.69, 9.17) is 10.3 Å². The fraction of sp³-hybridized carbons (Fsp3) is 0.538. The summed E-state index contributed by atoms with van der Waals surface area (Å²) in [7, 11) is 0. The first-order valence-corrected chi connectivity index (χ1v) is 7.26. The molecular formula is C13H17N3OS. The molecule has 3 rings (SSSR count). The summed E-state index contributed by atoms with van der Waals surface area (Å²) in [6.45, 7) is 4.23. The fourth-order valence-corrected chi connectivity index (χ4v) is 3.53. The minimum atomic E-state index is 0.329. The molecule has 0 saturated heterocycles. The molecule has 0 aliphatic heterocycles. The van der Waals surface area contributed by atoms with Crippen LogP contribution in [0.2, 0.25) is 0 Å². The zero-order valence-corrected chi connectivity index (χ0v) is 11.5. The zero-order chi connectivity index (χ0) is 12.7. The molecule has 1 atom stereocenters. The minimum absolute atomic E-state index is 0.329. The number of fused-ring (bicyclic) bond motifs is 1. The van der Waals surface area contributed by atoms with Crippen molar-refractivity contribution in [3.05, 3.63) is 16.3 Å². The van der Waals surface area contributed by atoms with Crippen molar-refractivity contribution < 1.29 is 4.52 Å². The van der Waals surface area contributed by atoms with Gasteiger partial charge in [0.05, 0.1) is 10.6 Å². The third-order valence-corrected chi connectivity index (χ3v) is 4.78. The van der Waals surface area contributed by atoms with Crippen LogP contribution in [0.25, 0.3) is 11.5 Å². The lowest BCUT2D eigenvalue weighted by atomic mass is 10.1. The van der Waals surface area contributed by atoms with Gasteiger partial charge in [0.25, 0.3) is 5.89 Å². The quantitative estimate of drug-likeness (QED) is 0.922. The highest BCUT2D eigenvalue weighted by Gasteiger charge is 2.25. The second-order valence-corrected chi connectivity index (χ2v) is 6.00. The van der Waals surface area contributed by atoms with Crippen molar-refractivity contribution in [1.29, 1.82) is 0 Å². The molecule has 5 heteroatoms. The number of aryl methyl sites for hydroxylation is 1. The number of hydrogen-bond acceptors (Lipinski definition) is 5. The monoisotopic (exact) mass is 263 g/mol. The Morgan fingerprint density at radius 1 is 1.44 bits per heavy atom. The number of nitrogens with two attached hydrogens (primary N) is 1. The van der Waals surface area contributed by atoms with Crippen LogP contribution in [-0.4, -0.2) is 10.1 Å². The highest BCUT2D eigenvalue weighted by Crippen LogP contribution is 2.42. The Kier molecular flexibility index (Phi) is 2.86. The molecule has 0 spiro atoms. The lowest BCUT2D eigenvalue weighted by Gasteiger charge is -1.99. The van der Waals surface area contributed by atoms with Gasteiger partial charge in [-0.25, -0.2) is 0 Å². The van der Waals surface area contributed by atoms with Gasteiger partial charge in [0.1, 0.15) is 0 Å². The van der Waals surface area contributed by atoms with Crippen molar-refractivity contribution in [2.24, 2.45) is 0 Å². The molecule has 0 fully saturated rings. The average molecular weight is 263 g/mol. The molecular weight excluding hydrogens is 246 g/mol. The van der Waals surface area contributed by atoms with Crippen LogP contribution in [0, 0.1) is 0 Å². The SMILES string of the molecule is CCC(C)c1noc(-c2c(N)sc3c2CCC3)n1. The lowest BCUT2D eigenvalue weighted by molar-refractivity contribution is 0.416. The largest absolute Gasteiger partial charge is 0.390 e. The summed E-state index contributed by atoms with van der Waals surface area (Å²) in [4.78, 5) is 5.90. The third-order valence-electron chi connectivity index (χ3n) is 3.66. The number of nitrogens with zero attached hydrogens (tertiary/aromatic N) is 2. The highest BCUT2D eigenvalue weighted by atomic mass is 32.1. The van der Waals surface area contributed by atoms with Crippen molar-refractivity contribution in [3.8, 4) is 11.5 Å². The van der Waals surface area contributed by atoms with Crippen molar-refractivity contribution >= 4 is 16.3 Å². The maximum atomic E-state index is 6.09. The first kappa shape index (κ1) is 11.7. The Morgan fingerprint density at radius 2 is 2.28 bits per heavy atom. The van der Waals surface area contributed by atoms with Crippen LogP contribution in [0.5, 0.6) is 0 Å². The summed E-state index contributed by atoms with van der Waals surface area (Å²) in [5.74, 6) is 1.71. The molecule has 96 valence electrons. The molecule has 2 N–H and O–H groups in total. The van der Waals surface area contributed by atoms with Crippen molar-refractivity contribution in [2.45, 2.75) is 45.4 Å². The standard InChI is InChI=1S/C13H17N3OS/c1-3-7(2)12-15-13(17-16-12)10-8-5-4-6-9(8)18-11(10)14/h7H,3-6,14H2,1-2H3. The van der Waals surface area contributed by atoms with Gasteiger partial charge in [-0.1, -0.05) is 19.0 Å². The van der Waals surface area contributed by atoms with Crippen LogP contribution in [0.3, 0.4) is 0 Å². The number of aromatic nitrogens is 2. The summed E-state index contributed by atoms with van der Waals surface area (Å²) in [6, 6.07) is 0. The van der Waals surface area contributed by atoms with E-state index in [0.717, 1.165) is 35.7 Å². The first-order chi connectivity index (χ1) is 8.70. The van der Waals surface area contributed by atoms with E-state index in [-0.39, 0.29) is 0 Å². The zero-order valence-electron chi connectivity index (χ0n) is 10.7. The normalized spacial score (nSPS) is 15.9. The molecule has 2 heterocycles. The van der Waals surface area contributed by atoms with E-state index in [2.05, 4.69) is 24.0 Å². The second-order valence-electron chi connectivity index (χ2n) is 4.86. The number of thiophene rings is 1. The van der Waals surface area contributed by atoms with E-state index >= 15 is 0 Å². The van der Waals surface area contributed by atoms with Crippen LogP contribution in [0.15, 0.2) is 4.52 Å². The Bertz CT molecular complexity index is 573. The molecule has 1 aliphatic carbocycles.